The van der Waals surface area contributed by atoms with Crippen molar-refractivity contribution in [3.8, 4) is 11.5 Å². The van der Waals surface area contributed by atoms with Crippen molar-refractivity contribution in [1.82, 2.24) is 5.32 Å². The van der Waals surface area contributed by atoms with Crippen molar-refractivity contribution in [3.63, 3.8) is 0 Å². The van der Waals surface area contributed by atoms with Gasteiger partial charge >= 0.3 is 0 Å². The maximum Gasteiger partial charge on any atom is 0.261 e. The number of amides is 1. The summed E-state index contributed by atoms with van der Waals surface area (Å²) in [4.78, 5) is 12.4. The van der Waals surface area contributed by atoms with E-state index in [9.17, 15) is 4.79 Å². The van der Waals surface area contributed by atoms with Gasteiger partial charge in [0.15, 0.2) is 6.10 Å². The summed E-state index contributed by atoms with van der Waals surface area (Å²) in [6, 6.07) is 14.7. The average molecular weight is 362 g/mol. The van der Waals surface area contributed by atoms with Crippen LogP contribution in [0, 0.1) is 6.92 Å². The second-order valence-electron chi connectivity index (χ2n) is 5.95. The molecule has 0 aliphatic carbocycles. The predicted molar refractivity (Wildman–Crippen MR) is 100 cm³/mol. The highest BCUT2D eigenvalue weighted by molar-refractivity contribution is 6.30. The number of rotatable bonds is 8. The normalized spacial score (nSPS) is 13.0. The fourth-order valence-electron chi connectivity index (χ4n) is 2.31. The fourth-order valence-corrected chi connectivity index (χ4v) is 2.44. The van der Waals surface area contributed by atoms with Crippen molar-refractivity contribution in [1.29, 1.82) is 0 Å². The second-order valence-corrected chi connectivity index (χ2v) is 6.39. The lowest BCUT2D eigenvalue weighted by Gasteiger charge is -2.21. The molecule has 0 aliphatic rings. The Hall–Kier alpha value is -2.20. The third kappa shape index (κ3) is 5.98. The summed E-state index contributed by atoms with van der Waals surface area (Å²) in [5.74, 6) is 1.29. The molecular weight excluding hydrogens is 338 g/mol. The van der Waals surface area contributed by atoms with Gasteiger partial charge in [-0.25, -0.2) is 0 Å². The topological polar surface area (TPSA) is 47.6 Å². The predicted octanol–water partition coefficient (Wildman–Crippen LogP) is 4.39. The minimum absolute atomic E-state index is 0.130. The second kappa shape index (κ2) is 9.33. The lowest BCUT2D eigenvalue weighted by Crippen LogP contribution is -2.44. The van der Waals surface area contributed by atoms with Gasteiger partial charge in [0.05, 0.1) is 6.04 Å². The van der Waals surface area contributed by atoms with Crippen molar-refractivity contribution in [2.45, 2.75) is 39.3 Å². The molecule has 2 unspecified atom stereocenters. The SMILES string of the molecule is CCC(Oc1ccc(Cl)cc1)C(=O)NC(C)COc1ccccc1C. The van der Waals surface area contributed by atoms with Crippen LogP contribution in [0.3, 0.4) is 0 Å². The first-order valence-corrected chi connectivity index (χ1v) is 8.78. The average Bonchev–Trinajstić information content (AvgIpc) is 2.60. The van der Waals surface area contributed by atoms with Gasteiger partial charge in [0.1, 0.15) is 18.1 Å². The lowest BCUT2D eigenvalue weighted by atomic mass is 10.2. The molecule has 2 rings (SSSR count). The minimum atomic E-state index is -0.554. The van der Waals surface area contributed by atoms with Crippen LogP contribution in [0.1, 0.15) is 25.8 Å². The van der Waals surface area contributed by atoms with Crippen LogP contribution in [0.25, 0.3) is 0 Å². The smallest absolute Gasteiger partial charge is 0.261 e. The number of benzene rings is 2. The third-order valence-electron chi connectivity index (χ3n) is 3.73. The van der Waals surface area contributed by atoms with Gasteiger partial charge in [-0.1, -0.05) is 36.7 Å². The van der Waals surface area contributed by atoms with E-state index in [4.69, 9.17) is 21.1 Å². The van der Waals surface area contributed by atoms with Crippen LogP contribution >= 0.6 is 11.6 Å². The largest absolute Gasteiger partial charge is 0.491 e. The molecule has 2 aromatic rings. The van der Waals surface area contributed by atoms with E-state index in [2.05, 4.69) is 5.32 Å². The first kappa shape index (κ1) is 19.1. The van der Waals surface area contributed by atoms with E-state index in [1.165, 1.54) is 0 Å². The molecule has 2 atom stereocenters. The molecule has 0 radical (unpaired) electrons. The lowest BCUT2D eigenvalue weighted by molar-refractivity contribution is -0.128. The molecule has 0 saturated heterocycles. The number of halogens is 1. The number of para-hydroxylation sites is 1. The van der Waals surface area contributed by atoms with Crippen LogP contribution < -0.4 is 14.8 Å². The zero-order valence-corrected chi connectivity index (χ0v) is 15.5. The van der Waals surface area contributed by atoms with Crippen molar-refractivity contribution >= 4 is 17.5 Å². The Kier molecular flexibility index (Phi) is 7.14. The molecule has 0 aliphatic heterocycles. The molecule has 0 saturated carbocycles. The van der Waals surface area contributed by atoms with E-state index in [1.807, 2.05) is 45.0 Å². The Morgan fingerprint density at radius 1 is 1.16 bits per heavy atom. The van der Waals surface area contributed by atoms with Gasteiger partial charge in [0.25, 0.3) is 5.91 Å². The van der Waals surface area contributed by atoms with E-state index < -0.39 is 6.10 Å². The summed E-state index contributed by atoms with van der Waals surface area (Å²) < 4.78 is 11.5. The van der Waals surface area contributed by atoms with Crippen molar-refractivity contribution in [3.05, 3.63) is 59.1 Å². The molecule has 1 N–H and O–H groups in total. The van der Waals surface area contributed by atoms with Crippen LogP contribution in [0.4, 0.5) is 0 Å². The number of carbonyl (C=O) groups is 1. The number of nitrogens with one attached hydrogen (secondary N) is 1. The van der Waals surface area contributed by atoms with E-state index in [1.54, 1.807) is 24.3 Å². The minimum Gasteiger partial charge on any atom is -0.491 e. The van der Waals surface area contributed by atoms with Gasteiger partial charge < -0.3 is 14.8 Å². The van der Waals surface area contributed by atoms with Crippen molar-refractivity contribution in [2.75, 3.05) is 6.61 Å². The van der Waals surface area contributed by atoms with E-state index in [-0.39, 0.29) is 11.9 Å². The van der Waals surface area contributed by atoms with Gasteiger partial charge in [-0.05, 0) is 56.2 Å². The van der Waals surface area contributed by atoms with Gasteiger partial charge in [-0.3, -0.25) is 4.79 Å². The summed E-state index contributed by atoms with van der Waals surface area (Å²) in [5, 5.41) is 3.57. The Morgan fingerprint density at radius 3 is 2.48 bits per heavy atom. The first-order valence-electron chi connectivity index (χ1n) is 8.40. The van der Waals surface area contributed by atoms with Gasteiger partial charge in [-0.15, -0.1) is 0 Å². The van der Waals surface area contributed by atoms with Crippen molar-refractivity contribution in [2.24, 2.45) is 0 Å². The number of hydrogen-bond acceptors (Lipinski definition) is 3. The Bertz CT molecular complexity index is 688. The standard InChI is InChI=1S/C20H24ClNO3/c1-4-18(25-17-11-9-16(21)10-12-17)20(23)22-15(3)13-24-19-8-6-5-7-14(19)2/h5-12,15,18H,4,13H2,1-3H3,(H,22,23). The molecule has 0 fully saturated rings. The molecular formula is C20H24ClNO3. The van der Waals surface area contributed by atoms with Crippen LogP contribution in [0.15, 0.2) is 48.5 Å². The molecule has 134 valence electrons. The van der Waals surface area contributed by atoms with Gasteiger partial charge in [0, 0.05) is 5.02 Å². The summed E-state index contributed by atoms with van der Waals surface area (Å²) in [7, 11) is 0. The van der Waals surface area contributed by atoms with Crippen LogP contribution in [0.2, 0.25) is 5.02 Å². The summed E-state index contributed by atoms with van der Waals surface area (Å²) >= 11 is 5.86. The highest BCUT2D eigenvalue weighted by Gasteiger charge is 2.20. The quantitative estimate of drug-likeness (QED) is 0.758. The molecule has 2 aromatic carbocycles. The number of aryl methyl sites for hydroxylation is 1. The molecule has 0 bridgehead atoms. The molecule has 5 heteroatoms. The summed E-state index contributed by atoms with van der Waals surface area (Å²) in [6.07, 6.45) is 0.0157. The van der Waals surface area contributed by atoms with E-state index in [0.29, 0.717) is 23.8 Å². The zero-order valence-electron chi connectivity index (χ0n) is 14.8. The highest BCUT2D eigenvalue weighted by Crippen LogP contribution is 2.18. The summed E-state index contributed by atoms with van der Waals surface area (Å²) in [5.41, 5.74) is 1.07. The molecule has 0 spiro atoms. The molecule has 1 amide bonds. The van der Waals surface area contributed by atoms with E-state index >= 15 is 0 Å². The Morgan fingerprint density at radius 2 is 1.84 bits per heavy atom. The van der Waals surface area contributed by atoms with E-state index in [0.717, 1.165) is 11.3 Å². The maximum atomic E-state index is 12.4. The van der Waals surface area contributed by atoms with Crippen LogP contribution in [0.5, 0.6) is 11.5 Å². The third-order valence-corrected chi connectivity index (χ3v) is 3.98. The molecule has 25 heavy (non-hydrogen) atoms. The highest BCUT2D eigenvalue weighted by atomic mass is 35.5. The Labute approximate surface area is 154 Å². The molecule has 4 nitrogen and oxygen atoms in total. The van der Waals surface area contributed by atoms with Gasteiger partial charge in [0.2, 0.25) is 0 Å². The Balaban J connectivity index is 1.85. The van der Waals surface area contributed by atoms with Crippen LogP contribution in [-0.2, 0) is 4.79 Å². The number of carbonyl (C=O) groups excluding carboxylic acids is 1. The number of hydrogen-bond donors (Lipinski definition) is 1. The molecule has 0 heterocycles. The zero-order chi connectivity index (χ0) is 18.2. The van der Waals surface area contributed by atoms with Crippen LogP contribution in [-0.4, -0.2) is 24.7 Å². The monoisotopic (exact) mass is 361 g/mol. The van der Waals surface area contributed by atoms with Crippen molar-refractivity contribution < 1.29 is 14.3 Å². The molecule has 0 aromatic heterocycles. The maximum absolute atomic E-state index is 12.4. The fraction of sp³-hybridized carbons (Fsp3) is 0.350. The first-order chi connectivity index (χ1) is 12.0. The summed E-state index contributed by atoms with van der Waals surface area (Å²) in [6.45, 7) is 6.21. The van der Waals surface area contributed by atoms with Gasteiger partial charge in [-0.2, -0.15) is 0 Å². The number of ether oxygens (including phenoxy) is 2.